The van der Waals surface area contributed by atoms with Crippen molar-refractivity contribution in [3.8, 4) is 0 Å². The van der Waals surface area contributed by atoms with Gasteiger partial charge in [-0.2, -0.15) is 0 Å². The van der Waals surface area contributed by atoms with E-state index in [4.69, 9.17) is 5.73 Å². The summed E-state index contributed by atoms with van der Waals surface area (Å²) in [5, 5.41) is 1.74. The molecule has 1 heterocycles. The minimum atomic E-state index is -3.35. The van der Waals surface area contributed by atoms with Crippen molar-refractivity contribution in [3.05, 3.63) is 15.9 Å². The van der Waals surface area contributed by atoms with Crippen LogP contribution in [0.1, 0.15) is 6.42 Å². The topological polar surface area (TPSA) is 63.4 Å². The van der Waals surface area contributed by atoms with Gasteiger partial charge in [0.25, 0.3) is 10.0 Å². The van der Waals surface area contributed by atoms with E-state index in [1.807, 2.05) is 0 Å². The fourth-order valence-corrected chi connectivity index (χ4v) is 4.75. The summed E-state index contributed by atoms with van der Waals surface area (Å²) in [6.45, 7) is 0.939. The molecule has 86 valence electrons. The first-order chi connectivity index (χ1) is 7.00. The molecule has 2 N–H and O–H groups in total. The zero-order valence-corrected chi connectivity index (χ0v) is 11.5. The van der Waals surface area contributed by atoms with Crippen LogP contribution in [0, 0.1) is 0 Å². The Morgan fingerprint density at radius 3 is 2.73 bits per heavy atom. The molecule has 0 aromatic carbocycles. The lowest BCUT2D eigenvalue weighted by Gasteiger charge is -2.15. The summed E-state index contributed by atoms with van der Waals surface area (Å²) in [6, 6.07) is 1.73. The van der Waals surface area contributed by atoms with Crippen LogP contribution in [0.2, 0.25) is 0 Å². The van der Waals surface area contributed by atoms with Gasteiger partial charge in [-0.05, 0) is 40.3 Å². The summed E-state index contributed by atoms with van der Waals surface area (Å²) in [7, 11) is -1.78. The van der Waals surface area contributed by atoms with Gasteiger partial charge >= 0.3 is 0 Å². The molecule has 1 aromatic rings. The maximum Gasteiger partial charge on any atom is 0.253 e. The van der Waals surface area contributed by atoms with E-state index in [9.17, 15) is 8.42 Å². The lowest BCUT2D eigenvalue weighted by Crippen LogP contribution is -2.28. The molecule has 0 bridgehead atoms. The number of rotatable bonds is 5. The van der Waals surface area contributed by atoms with Gasteiger partial charge in [0.1, 0.15) is 4.21 Å². The van der Waals surface area contributed by atoms with E-state index >= 15 is 0 Å². The normalized spacial score (nSPS) is 12.3. The van der Waals surface area contributed by atoms with E-state index in [2.05, 4.69) is 15.9 Å². The molecule has 0 atom stereocenters. The average Bonchev–Trinajstić information content (AvgIpc) is 2.61. The highest BCUT2D eigenvalue weighted by atomic mass is 79.9. The number of hydrogen-bond donors (Lipinski definition) is 1. The summed E-state index contributed by atoms with van der Waals surface area (Å²) < 4.78 is 26.3. The van der Waals surface area contributed by atoms with Crippen LogP contribution >= 0.6 is 27.3 Å². The molecule has 1 aromatic heterocycles. The van der Waals surface area contributed by atoms with Gasteiger partial charge in [-0.15, -0.1) is 11.3 Å². The number of thiophene rings is 1. The summed E-state index contributed by atoms with van der Waals surface area (Å²) in [4.78, 5) is 0. The third kappa shape index (κ3) is 3.01. The number of nitrogens with two attached hydrogens (primary N) is 1. The van der Waals surface area contributed by atoms with Crippen LogP contribution < -0.4 is 5.73 Å². The van der Waals surface area contributed by atoms with Gasteiger partial charge in [0, 0.05) is 18.1 Å². The highest BCUT2D eigenvalue weighted by Crippen LogP contribution is 2.29. The third-order valence-corrected chi connectivity index (χ3v) is 6.41. The van der Waals surface area contributed by atoms with Gasteiger partial charge in [-0.3, -0.25) is 0 Å². The van der Waals surface area contributed by atoms with E-state index < -0.39 is 10.0 Å². The highest BCUT2D eigenvalue weighted by Gasteiger charge is 2.23. The Morgan fingerprint density at radius 2 is 2.27 bits per heavy atom. The predicted octanol–water partition coefficient (Wildman–Crippen LogP) is 1.48. The van der Waals surface area contributed by atoms with Crippen LogP contribution in [0.5, 0.6) is 0 Å². The van der Waals surface area contributed by atoms with E-state index in [0.29, 0.717) is 28.2 Å². The molecule has 0 fully saturated rings. The minimum Gasteiger partial charge on any atom is -0.330 e. The standard InChI is InChI=1S/C8H13BrN2O2S2/c1-11(5-2-4-10)15(12,13)8-7(9)3-6-14-8/h3,6H,2,4-5,10H2,1H3. The number of halogens is 1. The molecule has 15 heavy (non-hydrogen) atoms. The molecule has 4 nitrogen and oxygen atoms in total. The molecule has 7 heteroatoms. The fraction of sp³-hybridized carbons (Fsp3) is 0.500. The zero-order valence-electron chi connectivity index (χ0n) is 8.31. The van der Waals surface area contributed by atoms with E-state index in [1.165, 1.54) is 15.6 Å². The molecule has 0 aliphatic rings. The molecule has 0 radical (unpaired) electrons. The van der Waals surface area contributed by atoms with E-state index in [0.717, 1.165) is 0 Å². The van der Waals surface area contributed by atoms with Crippen LogP contribution in [0.25, 0.3) is 0 Å². The largest absolute Gasteiger partial charge is 0.330 e. The lowest BCUT2D eigenvalue weighted by molar-refractivity contribution is 0.465. The predicted molar refractivity (Wildman–Crippen MR) is 65.5 cm³/mol. The molecule has 0 saturated carbocycles. The van der Waals surface area contributed by atoms with Crippen LogP contribution in [0.15, 0.2) is 20.1 Å². The van der Waals surface area contributed by atoms with Crippen LogP contribution in [-0.2, 0) is 10.0 Å². The number of hydrogen-bond acceptors (Lipinski definition) is 4. The fourth-order valence-electron chi connectivity index (χ4n) is 1.04. The Bertz CT molecular complexity index is 416. The SMILES string of the molecule is CN(CCCN)S(=O)(=O)c1sccc1Br. The Labute approximate surface area is 102 Å². The van der Waals surface area contributed by atoms with Gasteiger partial charge in [0.15, 0.2) is 0 Å². The average molecular weight is 313 g/mol. The van der Waals surface area contributed by atoms with Crippen molar-refractivity contribution < 1.29 is 8.42 Å². The first kappa shape index (κ1) is 13.1. The highest BCUT2D eigenvalue weighted by molar-refractivity contribution is 9.10. The van der Waals surface area contributed by atoms with Crippen LogP contribution in [0.3, 0.4) is 0 Å². The van der Waals surface area contributed by atoms with Crippen molar-refractivity contribution in [2.45, 2.75) is 10.6 Å². The second kappa shape index (κ2) is 5.40. The van der Waals surface area contributed by atoms with E-state index in [1.54, 1.807) is 18.5 Å². The van der Waals surface area contributed by atoms with Crippen molar-refractivity contribution in [1.82, 2.24) is 4.31 Å². The summed E-state index contributed by atoms with van der Waals surface area (Å²) in [5.41, 5.74) is 5.34. The van der Waals surface area contributed by atoms with Gasteiger partial charge < -0.3 is 5.73 Å². The summed E-state index contributed by atoms with van der Waals surface area (Å²) in [5.74, 6) is 0. The molecule has 0 spiro atoms. The first-order valence-corrected chi connectivity index (χ1v) is 7.51. The van der Waals surface area contributed by atoms with Crippen molar-refractivity contribution in [3.63, 3.8) is 0 Å². The Kier molecular flexibility index (Phi) is 4.72. The molecular weight excluding hydrogens is 300 g/mol. The lowest BCUT2D eigenvalue weighted by atomic mass is 10.4. The Balaban J connectivity index is 2.88. The molecular formula is C8H13BrN2O2S2. The van der Waals surface area contributed by atoms with Crippen LogP contribution in [0.4, 0.5) is 0 Å². The van der Waals surface area contributed by atoms with Crippen molar-refractivity contribution in [2.24, 2.45) is 5.73 Å². The van der Waals surface area contributed by atoms with E-state index in [-0.39, 0.29) is 0 Å². The molecule has 1 rings (SSSR count). The van der Waals surface area contributed by atoms with Crippen molar-refractivity contribution in [1.29, 1.82) is 0 Å². The number of nitrogens with zero attached hydrogens (tertiary/aromatic N) is 1. The Morgan fingerprint density at radius 1 is 1.60 bits per heavy atom. The minimum absolute atomic E-state index is 0.349. The second-order valence-corrected chi connectivity index (χ2v) is 7.04. The molecule has 0 amide bonds. The van der Waals surface area contributed by atoms with Crippen LogP contribution in [-0.4, -0.2) is 32.9 Å². The van der Waals surface area contributed by atoms with Gasteiger partial charge in [0.2, 0.25) is 0 Å². The second-order valence-electron chi connectivity index (χ2n) is 3.02. The maximum absolute atomic E-state index is 12.0. The van der Waals surface area contributed by atoms with Crippen molar-refractivity contribution >= 4 is 37.3 Å². The zero-order chi connectivity index (χ0) is 11.5. The molecule has 0 saturated heterocycles. The van der Waals surface area contributed by atoms with Gasteiger partial charge in [-0.1, -0.05) is 0 Å². The summed E-state index contributed by atoms with van der Waals surface area (Å²) >= 11 is 4.43. The third-order valence-electron chi connectivity index (χ3n) is 1.91. The van der Waals surface area contributed by atoms with Gasteiger partial charge in [0.05, 0.1) is 0 Å². The molecule has 0 aliphatic carbocycles. The molecule has 0 unspecified atom stereocenters. The molecule has 0 aliphatic heterocycles. The number of sulfonamides is 1. The Hall–Kier alpha value is 0.0500. The first-order valence-electron chi connectivity index (χ1n) is 4.39. The van der Waals surface area contributed by atoms with Gasteiger partial charge in [-0.25, -0.2) is 12.7 Å². The monoisotopic (exact) mass is 312 g/mol. The maximum atomic E-state index is 12.0. The smallest absolute Gasteiger partial charge is 0.253 e. The summed E-state index contributed by atoms with van der Waals surface area (Å²) in [6.07, 6.45) is 0.665. The van der Waals surface area contributed by atoms with Crippen molar-refractivity contribution in [2.75, 3.05) is 20.1 Å². The quantitative estimate of drug-likeness (QED) is 0.895.